The molecule has 0 spiro atoms. The Balaban J connectivity index is 1.55. The SMILES string of the molecule is CC(C)(C)c1ccc(OCCNC(=O)c2ccccc2NC2=CC(=O)N(CCO)C2=O)cc1. The van der Waals surface area contributed by atoms with Crippen LogP contribution in [-0.2, 0) is 15.0 Å². The molecule has 3 amide bonds. The van der Waals surface area contributed by atoms with Crippen LogP contribution in [0.4, 0.5) is 5.69 Å². The molecule has 3 rings (SSSR count). The third-order valence-corrected chi connectivity index (χ3v) is 5.15. The average molecular weight is 452 g/mol. The number of hydrogen-bond donors (Lipinski definition) is 3. The smallest absolute Gasteiger partial charge is 0.277 e. The lowest BCUT2D eigenvalue weighted by atomic mass is 9.87. The van der Waals surface area contributed by atoms with Gasteiger partial charge in [-0.05, 0) is 35.2 Å². The fourth-order valence-electron chi connectivity index (χ4n) is 3.32. The molecule has 33 heavy (non-hydrogen) atoms. The Kier molecular flexibility index (Phi) is 7.50. The van der Waals surface area contributed by atoms with Crippen LogP contribution in [-0.4, -0.2) is 54.0 Å². The number of nitrogens with one attached hydrogen (secondary N) is 2. The predicted octanol–water partition coefficient (Wildman–Crippen LogP) is 2.45. The lowest BCUT2D eigenvalue weighted by Crippen LogP contribution is -2.34. The van der Waals surface area contributed by atoms with E-state index in [1.54, 1.807) is 24.3 Å². The summed E-state index contributed by atoms with van der Waals surface area (Å²) in [5.74, 6) is -0.668. The second-order valence-corrected chi connectivity index (χ2v) is 8.63. The van der Waals surface area contributed by atoms with Crippen molar-refractivity contribution >= 4 is 23.4 Å². The largest absolute Gasteiger partial charge is 0.492 e. The number of ether oxygens (including phenoxy) is 1. The number of aliphatic hydroxyl groups excluding tert-OH is 1. The van der Waals surface area contributed by atoms with E-state index >= 15 is 0 Å². The van der Waals surface area contributed by atoms with Crippen molar-refractivity contribution in [3.8, 4) is 5.75 Å². The Morgan fingerprint density at radius 2 is 1.76 bits per heavy atom. The minimum absolute atomic E-state index is 0.0516. The molecule has 3 N–H and O–H groups in total. The van der Waals surface area contributed by atoms with Gasteiger partial charge < -0.3 is 20.5 Å². The highest BCUT2D eigenvalue weighted by molar-refractivity contribution is 6.17. The zero-order chi connectivity index (χ0) is 24.0. The number of imide groups is 1. The van der Waals surface area contributed by atoms with Crippen molar-refractivity contribution in [1.29, 1.82) is 0 Å². The molecule has 8 nitrogen and oxygen atoms in total. The van der Waals surface area contributed by atoms with E-state index in [9.17, 15) is 14.4 Å². The van der Waals surface area contributed by atoms with Crippen molar-refractivity contribution in [3.05, 3.63) is 71.4 Å². The fourth-order valence-corrected chi connectivity index (χ4v) is 3.32. The molecule has 0 atom stereocenters. The van der Waals surface area contributed by atoms with E-state index in [1.165, 1.54) is 5.56 Å². The van der Waals surface area contributed by atoms with Crippen LogP contribution in [0.1, 0.15) is 36.7 Å². The zero-order valence-corrected chi connectivity index (χ0v) is 19.1. The van der Waals surface area contributed by atoms with Gasteiger partial charge in [0, 0.05) is 6.08 Å². The van der Waals surface area contributed by atoms with Crippen molar-refractivity contribution in [2.24, 2.45) is 0 Å². The summed E-state index contributed by atoms with van der Waals surface area (Å²) in [5.41, 5.74) is 2.05. The molecule has 0 fully saturated rings. The van der Waals surface area contributed by atoms with Crippen LogP contribution in [0, 0.1) is 0 Å². The normalized spacial score (nSPS) is 13.7. The lowest BCUT2D eigenvalue weighted by molar-refractivity contribution is -0.137. The molecule has 2 aromatic carbocycles. The molecule has 0 saturated heterocycles. The van der Waals surface area contributed by atoms with Crippen LogP contribution < -0.4 is 15.4 Å². The highest BCUT2D eigenvalue weighted by Crippen LogP contribution is 2.24. The third-order valence-electron chi connectivity index (χ3n) is 5.15. The monoisotopic (exact) mass is 451 g/mol. The third kappa shape index (κ3) is 5.98. The average Bonchev–Trinajstić information content (AvgIpc) is 3.04. The van der Waals surface area contributed by atoms with Crippen LogP contribution in [0.25, 0.3) is 0 Å². The number of hydrogen-bond acceptors (Lipinski definition) is 6. The number of rotatable bonds is 9. The summed E-state index contributed by atoms with van der Waals surface area (Å²) in [7, 11) is 0. The first-order valence-electron chi connectivity index (χ1n) is 10.8. The van der Waals surface area contributed by atoms with Gasteiger partial charge in [-0.15, -0.1) is 0 Å². The number of carbonyl (C=O) groups is 3. The van der Waals surface area contributed by atoms with Crippen molar-refractivity contribution in [2.45, 2.75) is 26.2 Å². The van der Waals surface area contributed by atoms with Gasteiger partial charge in [-0.2, -0.15) is 0 Å². The van der Waals surface area contributed by atoms with Gasteiger partial charge in [0.15, 0.2) is 0 Å². The van der Waals surface area contributed by atoms with Crippen LogP contribution in [0.3, 0.4) is 0 Å². The molecule has 1 aliphatic rings. The summed E-state index contributed by atoms with van der Waals surface area (Å²) in [6, 6.07) is 14.6. The maximum Gasteiger partial charge on any atom is 0.277 e. The first kappa shape index (κ1) is 24.0. The highest BCUT2D eigenvalue weighted by atomic mass is 16.5. The van der Waals surface area contributed by atoms with E-state index in [2.05, 4.69) is 31.4 Å². The summed E-state index contributed by atoms with van der Waals surface area (Å²) < 4.78 is 5.71. The Bertz CT molecular complexity index is 1050. The van der Waals surface area contributed by atoms with Crippen LogP contribution in [0.2, 0.25) is 0 Å². The van der Waals surface area contributed by atoms with E-state index in [0.29, 0.717) is 24.4 Å². The first-order valence-corrected chi connectivity index (χ1v) is 10.8. The maximum absolute atomic E-state index is 12.7. The summed E-state index contributed by atoms with van der Waals surface area (Å²) in [6.45, 7) is 6.62. The van der Waals surface area contributed by atoms with Crippen LogP contribution in [0.5, 0.6) is 5.75 Å². The number of anilines is 1. The quantitative estimate of drug-likeness (QED) is 0.399. The lowest BCUT2D eigenvalue weighted by Gasteiger charge is -2.19. The fraction of sp³-hybridized carbons (Fsp3) is 0.320. The molecule has 174 valence electrons. The van der Waals surface area contributed by atoms with Gasteiger partial charge in [0.2, 0.25) is 0 Å². The molecule has 0 saturated carbocycles. The molecular weight excluding hydrogens is 422 g/mol. The van der Waals surface area contributed by atoms with E-state index < -0.39 is 11.8 Å². The van der Waals surface area contributed by atoms with Gasteiger partial charge in [-0.1, -0.05) is 45.0 Å². The minimum atomic E-state index is -0.546. The summed E-state index contributed by atoms with van der Waals surface area (Å²) in [4.78, 5) is 37.9. The van der Waals surface area contributed by atoms with Gasteiger partial charge in [0.25, 0.3) is 17.7 Å². The zero-order valence-electron chi connectivity index (χ0n) is 19.1. The molecule has 0 aromatic heterocycles. The van der Waals surface area contributed by atoms with E-state index in [4.69, 9.17) is 9.84 Å². The molecule has 2 aromatic rings. The Labute approximate surface area is 193 Å². The Morgan fingerprint density at radius 1 is 1.06 bits per heavy atom. The molecular formula is C25H29N3O5. The first-order chi connectivity index (χ1) is 15.7. The van der Waals surface area contributed by atoms with E-state index in [1.807, 2.05) is 24.3 Å². The minimum Gasteiger partial charge on any atom is -0.492 e. The molecule has 8 heteroatoms. The number of nitrogens with zero attached hydrogens (tertiary/aromatic N) is 1. The van der Waals surface area contributed by atoms with Crippen molar-refractivity contribution in [3.63, 3.8) is 0 Å². The number of benzene rings is 2. The summed E-state index contributed by atoms with van der Waals surface area (Å²) in [6.07, 6.45) is 1.16. The van der Waals surface area contributed by atoms with Crippen molar-refractivity contribution in [2.75, 3.05) is 31.6 Å². The maximum atomic E-state index is 12.7. The second kappa shape index (κ2) is 10.3. The number of carbonyl (C=O) groups excluding carboxylic acids is 3. The number of amides is 3. The topological polar surface area (TPSA) is 108 Å². The number of β-amino-alcohol motifs (C(OH)–C–C–N with tert-alkyl or cyclic N) is 1. The summed E-state index contributed by atoms with van der Waals surface area (Å²) >= 11 is 0. The number of para-hydroxylation sites is 1. The van der Waals surface area contributed by atoms with Crippen LogP contribution >= 0.6 is 0 Å². The molecule has 1 aliphatic heterocycles. The molecule has 1 heterocycles. The van der Waals surface area contributed by atoms with Gasteiger partial charge in [0.1, 0.15) is 18.1 Å². The van der Waals surface area contributed by atoms with Crippen LogP contribution in [0.15, 0.2) is 60.3 Å². The second-order valence-electron chi connectivity index (χ2n) is 8.63. The van der Waals surface area contributed by atoms with E-state index in [-0.39, 0.29) is 30.2 Å². The highest BCUT2D eigenvalue weighted by Gasteiger charge is 2.31. The van der Waals surface area contributed by atoms with E-state index in [0.717, 1.165) is 16.7 Å². The summed E-state index contributed by atoms with van der Waals surface area (Å²) in [5, 5.41) is 14.7. The van der Waals surface area contributed by atoms with Crippen molar-refractivity contribution in [1.82, 2.24) is 10.2 Å². The van der Waals surface area contributed by atoms with Gasteiger partial charge in [0.05, 0.1) is 30.9 Å². The number of aliphatic hydroxyl groups is 1. The standard InChI is InChI=1S/C25H29N3O5/c1-25(2,3)17-8-10-18(11-9-17)33-15-12-26-23(31)19-6-4-5-7-20(19)27-21-16-22(30)28(13-14-29)24(21)32/h4-11,16,27,29H,12-15H2,1-3H3,(H,26,31). The predicted molar refractivity (Wildman–Crippen MR) is 125 cm³/mol. The Morgan fingerprint density at radius 3 is 2.42 bits per heavy atom. The Hall–Kier alpha value is -3.65. The molecule has 0 bridgehead atoms. The molecule has 0 aliphatic carbocycles. The van der Waals surface area contributed by atoms with Crippen molar-refractivity contribution < 1.29 is 24.2 Å². The van der Waals surface area contributed by atoms with Gasteiger partial charge >= 0.3 is 0 Å². The van der Waals surface area contributed by atoms with Gasteiger partial charge in [-0.3, -0.25) is 19.3 Å². The van der Waals surface area contributed by atoms with Gasteiger partial charge in [-0.25, -0.2) is 0 Å². The molecule has 0 unspecified atom stereocenters. The molecule has 0 radical (unpaired) electrons.